The highest BCUT2D eigenvalue weighted by Gasteiger charge is 2.61. The topological polar surface area (TPSA) is 66.9 Å². The quantitative estimate of drug-likeness (QED) is 0.564. The molecule has 0 spiro atoms. The second kappa shape index (κ2) is 6.24. The Balaban J connectivity index is 1.60. The zero-order valence-electron chi connectivity index (χ0n) is 14.9. The number of ether oxygens (including phenoxy) is 1. The third-order valence-electron chi connectivity index (χ3n) is 6.12. The molecule has 3 fully saturated rings. The summed E-state index contributed by atoms with van der Waals surface area (Å²) in [5.74, 6) is -0.253. The van der Waals surface area contributed by atoms with E-state index in [4.69, 9.17) is 4.74 Å². The van der Waals surface area contributed by atoms with Crippen molar-refractivity contribution in [2.24, 2.45) is 29.6 Å². The van der Waals surface area contributed by atoms with Gasteiger partial charge in [0.25, 0.3) is 0 Å². The molecule has 3 amide bonds. The Hall–Kier alpha value is -1.69. The maximum Gasteiger partial charge on any atom is 0.246 e. The summed E-state index contributed by atoms with van der Waals surface area (Å²) in [6.07, 6.45) is 5.60. The molecule has 6 heteroatoms. The fourth-order valence-corrected chi connectivity index (χ4v) is 4.99. The highest BCUT2D eigenvalue weighted by Crippen LogP contribution is 2.53. The predicted octanol–water partition coefficient (Wildman–Crippen LogP) is 1.07. The number of hydrogen-bond donors (Lipinski definition) is 0. The monoisotopic (exact) mass is 346 g/mol. The Kier molecular flexibility index (Phi) is 4.18. The molecular weight excluding hydrogens is 320 g/mol. The zero-order valence-corrected chi connectivity index (χ0v) is 14.9. The van der Waals surface area contributed by atoms with Gasteiger partial charge in [-0.15, -0.1) is 0 Å². The molecule has 2 aliphatic carbocycles. The minimum atomic E-state index is -0.664. The summed E-state index contributed by atoms with van der Waals surface area (Å²) >= 11 is 0. The third-order valence-corrected chi connectivity index (χ3v) is 6.12. The Morgan fingerprint density at radius 2 is 1.68 bits per heavy atom. The Bertz CT molecular complexity index is 593. The maximum absolute atomic E-state index is 13.1. The number of imide groups is 1. The smallest absolute Gasteiger partial charge is 0.246 e. The van der Waals surface area contributed by atoms with Crippen LogP contribution in [0.5, 0.6) is 0 Å². The summed E-state index contributed by atoms with van der Waals surface area (Å²) in [7, 11) is 0. The lowest BCUT2D eigenvalue weighted by Crippen LogP contribution is -2.54. The molecule has 0 aromatic rings. The molecule has 5 atom stereocenters. The third kappa shape index (κ3) is 2.62. The van der Waals surface area contributed by atoms with Crippen molar-refractivity contribution in [2.45, 2.75) is 32.7 Å². The van der Waals surface area contributed by atoms with Gasteiger partial charge in [0, 0.05) is 13.1 Å². The number of carbonyl (C=O) groups excluding carboxylic acids is 3. The number of fused-ring (bicyclic) bond motifs is 5. The fourth-order valence-electron chi connectivity index (χ4n) is 4.99. The van der Waals surface area contributed by atoms with Crippen molar-refractivity contribution in [3.8, 4) is 0 Å². The molecule has 2 heterocycles. The summed E-state index contributed by atoms with van der Waals surface area (Å²) in [4.78, 5) is 42.3. The summed E-state index contributed by atoms with van der Waals surface area (Å²) in [6.45, 7) is 6.14. The van der Waals surface area contributed by atoms with Crippen molar-refractivity contribution in [2.75, 3.05) is 26.3 Å². The molecule has 0 N–H and O–H groups in total. The van der Waals surface area contributed by atoms with Gasteiger partial charge in [-0.3, -0.25) is 19.3 Å². The Morgan fingerprint density at radius 1 is 1.12 bits per heavy atom. The van der Waals surface area contributed by atoms with Crippen molar-refractivity contribution >= 4 is 17.7 Å². The minimum Gasteiger partial charge on any atom is -0.378 e. The largest absolute Gasteiger partial charge is 0.378 e. The van der Waals surface area contributed by atoms with Gasteiger partial charge in [-0.05, 0) is 30.6 Å². The van der Waals surface area contributed by atoms with Crippen LogP contribution in [0.2, 0.25) is 0 Å². The lowest BCUT2D eigenvalue weighted by Gasteiger charge is -2.34. The van der Waals surface area contributed by atoms with Crippen molar-refractivity contribution in [1.29, 1.82) is 0 Å². The highest BCUT2D eigenvalue weighted by molar-refractivity contribution is 6.09. The molecule has 136 valence electrons. The van der Waals surface area contributed by atoms with Crippen LogP contribution >= 0.6 is 0 Å². The molecule has 0 aromatic carbocycles. The second-order valence-corrected chi connectivity index (χ2v) is 8.13. The molecule has 2 aliphatic heterocycles. The van der Waals surface area contributed by atoms with Gasteiger partial charge in [0.15, 0.2) is 0 Å². The van der Waals surface area contributed by atoms with Crippen LogP contribution in [0.3, 0.4) is 0 Å². The van der Waals surface area contributed by atoms with Crippen molar-refractivity contribution in [3.63, 3.8) is 0 Å². The van der Waals surface area contributed by atoms with Crippen LogP contribution in [0.25, 0.3) is 0 Å². The first-order valence-electron chi connectivity index (χ1n) is 9.40. The molecule has 4 rings (SSSR count). The fraction of sp³-hybridized carbons (Fsp3) is 0.737. The van der Waals surface area contributed by atoms with E-state index in [0.29, 0.717) is 32.7 Å². The first-order chi connectivity index (χ1) is 12.0. The zero-order chi connectivity index (χ0) is 17.7. The predicted molar refractivity (Wildman–Crippen MR) is 90.2 cm³/mol. The molecule has 6 nitrogen and oxygen atoms in total. The summed E-state index contributed by atoms with van der Waals surface area (Å²) in [5.41, 5.74) is 0. The molecular formula is C19H26N2O4. The van der Waals surface area contributed by atoms with E-state index in [1.807, 2.05) is 13.8 Å². The van der Waals surface area contributed by atoms with Crippen LogP contribution < -0.4 is 0 Å². The minimum absolute atomic E-state index is 0.0982. The number of allylic oxidation sites excluding steroid dienone is 2. The molecule has 4 aliphatic rings. The average Bonchev–Trinajstić information content (AvgIpc) is 3.27. The lowest BCUT2D eigenvalue weighted by atomic mass is 9.85. The van der Waals surface area contributed by atoms with Crippen LogP contribution in [0.4, 0.5) is 0 Å². The summed E-state index contributed by atoms with van der Waals surface area (Å²) in [5, 5.41) is 0. The van der Waals surface area contributed by atoms with E-state index in [2.05, 4.69) is 12.2 Å². The SMILES string of the molecule is CC(C)C[C@H](C(=O)N1CCOCC1)N1C(=O)[C@@H]2[C@@H](C1=O)[C@H]1C=C[C@@H]2C1. The number of hydrogen-bond acceptors (Lipinski definition) is 4. The van der Waals surface area contributed by atoms with Gasteiger partial charge in [0.05, 0.1) is 25.0 Å². The molecule has 2 bridgehead atoms. The second-order valence-electron chi connectivity index (χ2n) is 8.13. The van der Waals surface area contributed by atoms with Gasteiger partial charge >= 0.3 is 0 Å². The molecule has 25 heavy (non-hydrogen) atoms. The molecule has 0 aromatic heterocycles. The standard InChI is InChI=1S/C19H26N2O4/c1-11(2)9-14(17(22)20-5-7-25-8-6-20)21-18(23)15-12-3-4-13(10-12)16(15)19(21)24/h3-4,11-16H,5-10H2,1-2H3/t12-,13+,14-,15+,16+/m1/s1. The van der Waals surface area contributed by atoms with E-state index in [9.17, 15) is 14.4 Å². The van der Waals surface area contributed by atoms with Gasteiger partial charge in [0.2, 0.25) is 17.7 Å². The highest BCUT2D eigenvalue weighted by atomic mass is 16.5. The number of amides is 3. The normalized spacial score (nSPS) is 35.0. The van der Waals surface area contributed by atoms with Crippen LogP contribution in [-0.4, -0.2) is 59.9 Å². The molecule has 0 unspecified atom stereocenters. The average molecular weight is 346 g/mol. The molecule has 2 saturated heterocycles. The van der Waals surface area contributed by atoms with Gasteiger partial charge in [-0.25, -0.2) is 0 Å². The van der Waals surface area contributed by atoms with Gasteiger partial charge in [-0.1, -0.05) is 26.0 Å². The molecule has 1 saturated carbocycles. The van der Waals surface area contributed by atoms with E-state index in [-0.39, 0.29) is 47.3 Å². The van der Waals surface area contributed by atoms with Crippen LogP contribution in [0, 0.1) is 29.6 Å². The molecule has 0 radical (unpaired) electrons. The van der Waals surface area contributed by atoms with E-state index < -0.39 is 6.04 Å². The Morgan fingerprint density at radius 3 is 2.20 bits per heavy atom. The van der Waals surface area contributed by atoms with Crippen molar-refractivity contribution in [3.05, 3.63) is 12.2 Å². The van der Waals surface area contributed by atoms with E-state index in [1.165, 1.54) is 4.90 Å². The summed E-state index contributed by atoms with van der Waals surface area (Å²) in [6, 6.07) is -0.664. The van der Waals surface area contributed by atoms with Crippen molar-refractivity contribution in [1.82, 2.24) is 9.80 Å². The van der Waals surface area contributed by atoms with Crippen LogP contribution in [0.15, 0.2) is 12.2 Å². The Labute approximate surface area is 148 Å². The number of morpholine rings is 1. The first kappa shape index (κ1) is 16.8. The van der Waals surface area contributed by atoms with Gasteiger partial charge < -0.3 is 9.64 Å². The first-order valence-corrected chi connectivity index (χ1v) is 9.40. The number of likely N-dealkylation sites (tertiary alicyclic amines) is 1. The lowest BCUT2D eigenvalue weighted by molar-refractivity contribution is -0.154. The van der Waals surface area contributed by atoms with E-state index in [0.717, 1.165) is 6.42 Å². The van der Waals surface area contributed by atoms with Crippen LogP contribution in [-0.2, 0) is 19.1 Å². The van der Waals surface area contributed by atoms with Gasteiger partial charge in [0.1, 0.15) is 6.04 Å². The summed E-state index contributed by atoms with van der Waals surface area (Å²) < 4.78 is 5.33. The number of carbonyl (C=O) groups is 3. The van der Waals surface area contributed by atoms with Crippen molar-refractivity contribution < 1.29 is 19.1 Å². The maximum atomic E-state index is 13.1. The number of rotatable bonds is 4. The van der Waals surface area contributed by atoms with Crippen LogP contribution in [0.1, 0.15) is 26.7 Å². The van der Waals surface area contributed by atoms with E-state index >= 15 is 0 Å². The number of nitrogens with zero attached hydrogens (tertiary/aromatic N) is 2. The van der Waals surface area contributed by atoms with E-state index in [1.54, 1.807) is 4.90 Å². The van der Waals surface area contributed by atoms with Gasteiger partial charge in [-0.2, -0.15) is 0 Å².